The predicted octanol–water partition coefficient (Wildman–Crippen LogP) is -0.000300. The van der Waals surface area contributed by atoms with Gasteiger partial charge in [-0.25, -0.2) is 4.79 Å². The van der Waals surface area contributed by atoms with Crippen molar-refractivity contribution in [3.8, 4) is 0 Å². The van der Waals surface area contributed by atoms with E-state index in [1.165, 1.54) is 4.90 Å². The van der Waals surface area contributed by atoms with Crippen molar-refractivity contribution in [2.45, 2.75) is 25.8 Å². The van der Waals surface area contributed by atoms with Gasteiger partial charge in [-0.15, -0.1) is 0 Å². The number of nitrogens with zero attached hydrogens (tertiary/aromatic N) is 1. The molecule has 0 aromatic carbocycles. The van der Waals surface area contributed by atoms with Crippen LogP contribution in [0.25, 0.3) is 0 Å². The molecule has 16 heavy (non-hydrogen) atoms. The first-order valence-corrected chi connectivity index (χ1v) is 6.53. The number of hydrogen-bond acceptors (Lipinski definition) is 4. The van der Waals surface area contributed by atoms with Crippen LogP contribution >= 0.6 is 0 Å². The Morgan fingerprint density at radius 1 is 1.50 bits per heavy atom. The van der Waals surface area contributed by atoms with Crippen LogP contribution in [0.5, 0.6) is 0 Å². The molecule has 94 valence electrons. The summed E-state index contributed by atoms with van der Waals surface area (Å²) in [6, 6.07) is -0.319. The van der Waals surface area contributed by atoms with Crippen LogP contribution in [0.15, 0.2) is 0 Å². The molecule has 0 unspecified atom stereocenters. The van der Waals surface area contributed by atoms with Gasteiger partial charge in [0.15, 0.2) is 0 Å². The van der Waals surface area contributed by atoms with E-state index >= 15 is 0 Å². The highest BCUT2D eigenvalue weighted by Gasteiger charge is 2.25. The Bertz CT molecular complexity index is 334. The molecule has 1 aliphatic heterocycles. The number of ether oxygens (including phenoxy) is 1. The lowest BCUT2D eigenvalue weighted by Crippen LogP contribution is -2.46. The van der Waals surface area contributed by atoms with Crippen molar-refractivity contribution >= 4 is 16.4 Å². The highest BCUT2D eigenvalue weighted by atomic mass is 32.2. The lowest BCUT2D eigenvalue weighted by Gasteiger charge is -2.30. The topological polar surface area (TPSA) is 95.9 Å². The van der Waals surface area contributed by atoms with Crippen LogP contribution < -0.4 is 4.72 Å². The van der Waals surface area contributed by atoms with Crippen molar-refractivity contribution < 1.29 is 22.5 Å². The Morgan fingerprint density at radius 2 is 2.06 bits per heavy atom. The molecule has 1 amide bonds. The monoisotopic (exact) mass is 252 g/mol. The van der Waals surface area contributed by atoms with Crippen molar-refractivity contribution in [2.24, 2.45) is 0 Å². The maximum absolute atomic E-state index is 11.3. The summed E-state index contributed by atoms with van der Waals surface area (Å²) in [6.07, 6.45) is 0.560. The smallest absolute Gasteiger partial charge is 0.409 e. The van der Waals surface area contributed by atoms with E-state index in [9.17, 15) is 13.2 Å². The minimum atomic E-state index is -4.16. The molecule has 1 heterocycles. The normalized spacial score (nSPS) is 18.5. The molecule has 0 atom stereocenters. The number of piperidine rings is 1. The molecule has 1 fully saturated rings. The Kier molecular flexibility index (Phi) is 4.51. The molecular weight excluding hydrogens is 236 g/mol. The fourth-order valence-electron chi connectivity index (χ4n) is 1.61. The van der Waals surface area contributed by atoms with Gasteiger partial charge >= 0.3 is 16.4 Å². The van der Waals surface area contributed by atoms with Crippen molar-refractivity contribution in [1.29, 1.82) is 0 Å². The standard InChI is InChI=1S/C8H16N2O5S/c1-2-15-8(11)10-5-3-7(4-6-10)9-16(12,13)14/h7,9H,2-6H2,1H3,(H,12,13,14). The van der Waals surface area contributed by atoms with E-state index in [1.807, 2.05) is 0 Å². The van der Waals surface area contributed by atoms with E-state index in [0.29, 0.717) is 32.5 Å². The highest BCUT2D eigenvalue weighted by molar-refractivity contribution is 7.83. The molecule has 7 nitrogen and oxygen atoms in total. The summed E-state index contributed by atoms with van der Waals surface area (Å²) in [5.74, 6) is 0. The van der Waals surface area contributed by atoms with Crippen molar-refractivity contribution in [2.75, 3.05) is 19.7 Å². The van der Waals surface area contributed by atoms with Gasteiger partial charge in [-0.3, -0.25) is 4.55 Å². The molecule has 1 aliphatic rings. The molecule has 8 heteroatoms. The van der Waals surface area contributed by atoms with E-state index in [-0.39, 0.29) is 12.1 Å². The molecule has 0 aromatic rings. The summed E-state index contributed by atoms with van der Waals surface area (Å²) in [4.78, 5) is 12.8. The maximum atomic E-state index is 11.3. The maximum Gasteiger partial charge on any atom is 0.409 e. The quantitative estimate of drug-likeness (QED) is 0.689. The van der Waals surface area contributed by atoms with Crippen molar-refractivity contribution in [3.63, 3.8) is 0 Å². The Balaban J connectivity index is 2.37. The Labute approximate surface area is 94.6 Å². The van der Waals surface area contributed by atoms with Crippen LogP contribution in [0, 0.1) is 0 Å². The molecular formula is C8H16N2O5S. The third-order valence-corrected chi connectivity index (χ3v) is 2.97. The number of rotatable bonds is 3. The van der Waals surface area contributed by atoms with Crippen LogP contribution in [-0.4, -0.2) is 49.7 Å². The number of hydrogen-bond donors (Lipinski definition) is 2. The number of nitrogens with one attached hydrogen (secondary N) is 1. The third kappa shape index (κ3) is 4.33. The second-order valence-electron chi connectivity index (χ2n) is 3.55. The number of likely N-dealkylation sites (tertiary alicyclic amines) is 1. The van der Waals surface area contributed by atoms with E-state index in [2.05, 4.69) is 4.72 Å². The van der Waals surface area contributed by atoms with Crippen LogP contribution in [-0.2, 0) is 15.0 Å². The van der Waals surface area contributed by atoms with Gasteiger partial charge in [0.2, 0.25) is 0 Å². The zero-order chi connectivity index (χ0) is 12.2. The summed E-state index contributed by atoms with van der Waals surface area (Å²) in [6.45, 7) is 2.89. The molecule has 1 saturated heterocycles. The van der Waals surface area contributed by atoms with Crippen molar-refractivity contribution in [1.82, 2.24) is 9.62 Å². The molecule has 2 N–H and O–H groups in total. The summed E-state index contributed by atoms with van der Waals surface area (Å²) < 4.78 is 36.6. The minimum absolute atomic E-state index is 0.319. The van der Waals surface area contributed by atoms with E-state index in [0.717, 1.165) is 0 Å². The van der Waals surface area contributed by atoms with Crippen LogP contribution in [0.2, 0.25) is 0 Å². The zero-order valence-electron chi connectivity index (χ0n) is 9.05. The van der Waals surface area contributed by atoms with Crippen LogP contribution in [0.1, 0.15) is 19.8 Å². The van der Waals surface area contributed by atoms with E-state index < -0.39 is 10.3 Å². The van der Waals surface area contributed by atoms with E-state index in [4.69, 9.17) is 9.29 Å². The van der Waals surface area contributed by atoms with Crippen LogP contribution in [0.3, 0.4) is 0 Å². The van der Waals surface area contributed by atoms with Gasteiger partial charge < -0.3 is 9.64 Å². The first-order chi connectivity index (χ1) is 7.42. The number of carbonyl (C=O) groups is 1. The Morgan fingerprint density at radius 3 is 2.50 bits per heavy atom. The third-order valence-electron chi connectivity index (χ3n) is 2.34. The fraction of sp³-hybridized carbons (Fsp3) is 0.875. The number of carbonyl (C=O) groups excluding carboxylic acids is 1. The first-order valence-electron chi connectivity index (χ1n) is 5.09. The van der Waals surface area contributed by atoms with Crippen LogP contribution in [0.4, 0.5) is 4.79 Å². The molecule has 0 saturated carbocycles. The Hall–Kier alpha value is -0.860. The summed E-state index contributed by atoms with van der Waals surface area (Å²) in [5, 5.41) is 0. The second-order valence-corrected chi connectivity index (χ2v) is 4.74. The van der Waals surface area contributed by atoms with Gasteiger partial charge in [0, 0.05) is 19.1 Å². The summed E-state index contributed by atoms with van der Waals surface area (Å²) in [7, 11) is -4.16. The largest absolute Gasteiger partial charge is 0.450 e. The summed E-state index contributed by atoms with van der Waals surface area (Å²) >= 11 is 0. The molecule has 0 aliphatic carbocycles. The average molecular weight is 252 g/mol. The van der Waals surface area contributed by atoms with Gasteiger partial charge in [0.1, 0.15) is 0 Å². The predicted molar refractivity (Wildman–Crippen MR) is 56.3 cm³/mol. The number of amides is 1. The van der Waals surface area contributed by atoms with Gasteiger partial charge in [-0.05, 0) is 19.8 Å². The SMILES string of the molecule is CCOC(=O)N1CCC(NS(=O)(=O)O)CC1. The molecule has 0 radical (unpaired) electrons. The lowest BCUT2D eigenvalue weighted by atomic mass is 10.1. The van der Waals surface area contributed by atoms with Gasteiger partial charge in [-0.1, -0.05) is 0 Å². The van der Waals surface area contributed by atoms with Gasteiger partial charge in [0.25, 0.3) is 0 Å². The molecule has 0 bridgehead atoms. The van der Waals surface area contributed by atoms with Gasteiger partial charge in [-0.2, -0.15) is 13.1 Å². The first kappa shape index (κ1) is 13.2. The lowest BCUT2D eigenvalue weighted by molar-refractivity contribution is 0.0964. The minimum Gasteiger partial charge on any atom is -0.450 e. The van der Waals surface area contributed by atoms with Gasteiger partial charge in [0.05, 0.1) is 6.61 Å². The summed E-state index contributed by atoms with van der Waals surface area (Å²) in [5.41, 5.74) is 0. The van der Waals surface area contributed by atoms with E-state index in [1.54, 1.807) is 6.92 Å². The second kappa shape index (κ2) is 5.46. The fourth-order valence-corrected chi connectivity index (χ4v) is 2.26. The zero-order valence-corrected chi connectivity index (χ0v) is 9.87. The molecule has 0 aromatic heterocycles. The highest BCUT2D eigenvalue weighted by Crippen LogP contribution is 2.11. The average Bonchev–Trinajstić information content (AvgIpc) is 2.16. The van der Waals surface area contributed by atoms with Crippen molar-refractivity contribution in [3.05, 3.63) is 0 Å². The molecule has 0 spiro atoms. The molecule has 1 rings (SSSR count).